The number of halogens is 1. The molecule has 1 N–H and O–H groups in total. The molecule has 1 aromatic rings. The summed E-state index contributed by atoms with van der Waals surface area (Å²) in [5.74, 6) is -0.116. The van der Waals surface area contributed by atoms with Crippen molar-refractivity contribution in [3.05, 3.63) is 35.6 Å². The number of nitrogens with one attached hydrogen (secondary N) is 1. The molecule has 1 unspecified atom stereocenters. The Morgan fingerprint density at radius 1 is 1.14 bits per heavy atom. The number of carbonyl (C=O) groups is 1. The van der Waals surface area contributed by atoms with Gasteiger partial charge in [0.15, 0.2) is 0 Å². The molecule has 2 aliphatic heterocycles. The summed E-state index contributed by atoms with van der Waals surface area (Å²) >= 11 is 0. The van der Waals surface area contributed by atoms with Crippen LogP contribution in [0.2, 0.25) is 0 Å². The molecule has 2 aliphatic rings. The van der Waals surface area contributed by atoms with Crippen LogP contribution in [0.25, 0.3) is 0 Å². The first-order valence-electron chi connectivity index (χ1n) is 7.75. The third-order valence-corrected chi connectivity index (χ3v) is 4.34. The molecule has 0 aromatic heterocycles. The van der Waals surface area contributed by atoms with Crippen molar-refractivity contribution in [3.8, 4) is 0 Å². The van der Waals surface area contributed by atoms with Gasteiger partial charge < -0.3 is 9.80 Å². The van der Waals surface area contributed by atoms with Crippen LogP contribution in [0.15, 0.2) is 24.3 Å². The van der Waals surface area contributed by atoms with Crippen LogP contribution in [0, 0.1) is 5.82 Å². The van der Waals surface area contributed by atoms with Gasteiger partial charge in [-0.1, -0.05) is 12.1 Å². The van der Waals surface area contributed by atoms with E-state index < -0.39 is 0 Å². The largest absolute Gasteiger partial charge is 0.322 e. The standard InChI is InChI=1S/C16H22FN3O/c17-14-6-4-13(5-7-14)16-18-12-15(21)20(16)11-3-10-19-8-1-2-9-19/h4-7,16,18H,1-3,8-12H2. The van der Waals surface area contributed by atoms with Crippen LogP contribution in [0.5, 0.6) is 0 Å². The molecule has 1 atom stereocenters. The van der Waals surface area contributed by atoms with E-state index in [1.807, 2.05) is 4.90 Å². The third-order valence-electron chi connectivity index (χ3n) is 4.34. The Morgan fingerprint density at radius 3 is 2.57 bits per heavy atom. The molecular weight excluding hydrogens is 269 g/mol. The lowest BCUT2D eigenvalue weighted by atomic mass is 10.1. The highest BCUT2D eigenvalue weighted by molar-refractivity contribution is 5.80. The molecule has 2 fully saturated rings. The number of nitrogens with zero attached hydrogens (tertiary/aromatic N) is 2. The summed E-state index contributed by atoms with van der Waals surface area (Å²) in [5.41, 5.74) is 0.948. The molecule has 3 rings (SSSR count). The molecule has 4 nitrogen and oxygen atoms in total. The lowest BCUT2D eigenvalue weighted by Crippen LogP contribution is -2.33. The first-order valence-corrected chi connectivity index (χ1v) is 7.75. The maximum absolute atomic E-state index is 13.0. The lowest BCUT2D eigenvalue weighted by molar-refractivity contribution is -0.128. The van der Waals surface area contributed by atoms with E-state index in [4.69, 9.17) is 0 Å². The smallest absolute Gasteiger partial charge is 0.238 e. The van der Waals surface area contributed by atoms with Gasteiger partial charge in [0.2, 0.25) is 5.91 Å². The minimum atomic E-state index is -0.247. The second-order valence-corrected chi connectivity index (χ2v) is 5.82. The van der Waals surface area contributed by atoms with E-state index in [1.54, 1.807) is 12.1 Å². The van der Waals surface area contributed by atoms with Crippen LogP contribution in [-0.4, -0.2) is 48.4 Å². The van der Waals surface area contributed by atoms with E-state index in [1.165, 1.54) is 38.1 Å². The molecule has 1 aromatic carbocycles. The van der Waals surface area contributed by atoms with Gasteiger partial charge in [-0.3, -0.25) is 10.1 Å². The van der Waals surface area contributed by atoms with Gasteiger partial charge >= 0.3 is 0 Å². The van der Waals surface area contributed by atoms with Gasteiger partial charge in [0.25, 0.3) is 0 Å². The molecule has 0 radical (unpaired) electrons. The Hall–Kier alpha value is -1.46. The van der Waals surface area contributed by atoms with Crippen molar-refractivity contribution in [3.63, 3.8) is 0 Å². The SMILES string of the molecule is O=C1CNC(c2ccc(F)cc2)N1CCCN1CCCC1. The van der Waals surface area contributed by atoms with E-state index in [-0.39, 0.29) is 17.9 Å². The van der Waals surface area contributed by atoms with Crippen molar-refractivity contribution in [2.24, 2.45) is 0 Å². The lowest BCUT2D eigenvalue weighted by Gasteiger charge is -2.25. The summed E-state index contributed by atoms with van der Waals surface area (Å²) in [6, 6.07) is 6.39. The van der Waals surface area contributed by atoms with Crippen LogP contribution in [0.4, 0.5) is 4.39 Å². The molecule has 0 bridgehead atoms. The topological polar surface area (TPSA) is 35.6 Å². The van der Waals surface area contributed by atoms with Crippen LogP contribution >= 0.6 is 0 Å². The number of hydrogen-bond donors (Lipinski definition) is 1. The summed E-state index contributed by atoms with van der Waals surface area (Å²) in [5, 5.41) is 3.21. The van der Waals surface area contributed by atoms with Crippen molar-refractivity contribution in [2.75, 3.05) is 32.7 Å². The first kappa shape index (κ1) is 14.5. The predicted molar refractivity (Wildman–Crippen MR) is 79.1 cm³/mol. The minimum absolute atomic E-state index is 0.114. The normalized spacial score (nSPS) is 23.2. The second-order valence-electron chi connectivity index (χ2n) is 5.82. The molecule has 21 heavy (non-hydrogen) atoms. The highest BCUT2D eigenvalue weighted by atomic mass is 19.1. The van der Waals surface area contributed by atoms with Crippen molar-refractivity contribution in [2.45, 2.75) is 25.4 Å². The van der Waals surface area contributed by atoms with Crippen LogP contribution in [0.1, 0.15) is 31.0 Å². The summed E-state index contributed by atoms with van der Waals surface area (Å²) in [6.45, 7) is 4.55. The van der Waals surface area contributed by atoms with E-state index in [2.05, 4.69) is 10.2 Å². The zero-order chi connectivity index (χ0) is 14.7. The molecule has 2 saturated heterocycles. The molecule has 2 heterocycles. The monoisotopic (exact) mass is 291 g/mol. The predicted octanol–water partition coefficient (Wildman–Crippen LogP) is 1.74. The van der Waals surface area contributed by atoms with Gasteiger partial charge in [-0.25, -0.2) is 4.39 Å². The molecule has 0 saturated carbocycles. The maximum Gasteiger partial charge on any atom is 0.238 e. The average Bonchev–Trinajstić information content (AvgIpc) is 3.11. The van der Waals surface area contributed by atoms with E-state index in [0.29, 0.717) is 6.54 Å². The Morgan fingerprint density at radius 2 is 1.86 bits per heavy atom. The highest BCUT2D eigenvalue weighted by Crippen LogP contribution is 2.23. The van der Waals surface area contributed by atoms with Crippen molar-refractivity contribution < 1.29 is 9.18 Å². The molecule has 1 amide bonds. The van der Waals surface area contributed by atoms with E-state index in [0.717, 1.165) is 25.1 Å². The Kier molecular flexibility index (Phi) is 4.51. The second kappa shape index (κ2) is 6.54. The number of hydrogen-bond acceptors (Lipinski definition) is 3. The Labute approximate surface area is 124 Å². The molecule has 0 aliphatic carbocycles. The molecule has 114 valence electrons. The van der Waals surface area contributed by atoms with Crippen LogP contribution < -0.4 is 5.32 Å². The molecule has 0 spiro atoms. The Bertz CT molecular complexity index is 485. The van der Waals surface area contributed by atoms with Gasteiger partial charge in [-0.15, -0.1) is 0 Å². The fourth-order valence-corrected chi connectivity index (χ4v) is 3.21. The van der Waals surface area contributed by atoms with E-state index >= 15 is 0 Å². The molecular formula is C16H22FN3O. The summed E-state index contributed by atoms with van der Waals surface area (Å²) in [6.07, 6.45) is 3.47. The van der Waals surface area contributed by atoms with E-state index in [9.17, 15) is 9.18 Å². The fraction of sp³-hybridized carbons (Fsp3) is 0.562. The van der Waals surface area contributed by atoms with Crippen molar-refractivity contribution >= 4 is 5.91 Å². The van der Waals surface area contributed by atoms with Crippen molar-refractivity contribution in [1.82, 2.24) is 15.1 Å². The third kappa shape index (κ3) is 3.41. The Balaban J connectivity index is 1.58. The number of likely N-dealkylation sites (tertiary alicyclic amines) is 1. The zero-order valence-corrected chi connectivity index (χ0v) is 12.2. The van der Waals surface area contributed by atoms with Gasteiger partial charge in [-0.05, 0) is 56.6 Å². The summed E-state index contributed by atoms with van der Waals surface area (Å²) in [7, 11) is 0. The van der Waals surface area contributed by atoms with Crippen LogP contribution in [-0.2, 0) is 4.79 Å². The first-order chi connectivity index (χ1) is 10.2. The van der Waals surface area contributed by atoms with Gasteiger partial charge in [0, 0.05) is 6.54 Å². The quantitative estimate of drug-likeness (QED) is 0.897. The summed E-state index contributed by atoms with van der Waals surface area (Å²) in [4.78, 5) is 16.4. The number of carbonyl (C=O) groups excluding carboxylic acids is 1. The van der Waals surface area contributed by atoms with Gasteiger partial charge in [0.1, 0.15) is 12.0 Å². The maximum atomic E-state index is 13.0. The summed E-state index contributed by atoms with van der Waals surface area (Å²) < 4.78 is 13.0. The fourth-order valence-electron chi connectivity index (χ4n) is 3.21. The number of benzene rings is 1. The number of rotatable bonds is 5. The minimum Gasteiger partial charge on any atom is -0.322 e. The van der Waals surface area contributed by atoms with Gasteiger partial charge in [-0.2, -0.15) is 0 Å². The number of amides is 1. The zero-order valence-electron chi connectivity index (χ0n) is 12.2. The van der Waals surface area contributed by atoms with Crippen molar-refractivity contribution in [1.29, 1.82) is 0 Å². The highest BCUT2D eigenvalue weighted by Gasteiger charge is 2.31. The van der Waals surface area contributed by atoms with Crippen LogP contribution in [0.3, 0.4) is 0 Å². The molecule has 5 heteroatoms. The van der Waals surface area contributed by atoms with Gasteiger partial charge in [0.05, 0.1) is 6.54 Å². The average molecular weight is 291 g/mol.